The molecule has 0 atom stereocenters. The number of imidazole rings is 1. The van der Waals surface area contributed by atoms with Gasteiger partial charge in [0.1, 0.15) is 11.9 Å². The van der Waals surface area contributed by atoms with Crippen LogP contribution in [0, 0.1) is 14.9 Å². The molecule has 2 N–H and O–H groups in total. The predicted octanol–water partition coefficient (Wildman–Crippen LogP) is 4.09. The summed E-state index contributed by atoms with van der Waals surface area (Å²) in [4.78, 5) is 18.4. The Morgan fingerprint density at radius 2 is 2.14 bits per heavy atom. The van der Waals surface area contributed by atoms with E-state index in [9.17, 15) is 10.1 Å². The molecule has 0 amide bonds. The van der Waals surface area contributed by atoms with Gasteiger partial charge in [-0.15, -0.1) is 0 Å². The number of hydrogen-bond acceptors (Lipinski definition) is 5. The molecule has 0 aliphatic carbocycles. The third-order valence-corrected chi connectivity index (χ3v) is 4.55. The van der Waals surface area contributed by atoms with E-state index in [1.807, 2.05) is 53.8 Å². The number of nitrogens with zero attached hydrogens (tertiary/aromatic N) is 2. The van der Waals surface area contributed by atoms with E-state index in [2.05, 4.69) is 16.0 Å². The van der Waals surface area contributed by atoms with E-state index in [1.165, 1.54) is 0 Å². The summed E-state index contributed by atoms with van der Waals surface area (Å²) in [6, 6.07) is 13.2. The Morgan fingerprint density at radius 1 is 1.36 bits per heavy atom. The molecule has 0 saturated carbocycles. The second-order valence-corrected chi connectivity index (χ2v) is 6.88. The number of carboxylic acids is 1. The molecule has 2 aromatic carbocycles. The van der Waals surface area contributed by atoms with Crippen molar-refractivity contribution in [1.29, 1.82) is 5.26 Å². The number of nitriles is 1. The van der Waals surface area contributed by atoms with Gasteiger partial charge in [0.2, 0.25) is 0 Å². The number of aromatic nitrogens is 2. The lowest BCUT2D eigenvalue weighted by Gasteiger charge is -2.13. The molecule has 142 valence electrons. The molecule has 0 radical (unpaired) electrons. The zero-order valence-electron chi connectivity index (χ0n) is 14.9. The summed E-state index contributed by atoms with van der Waals surface area (Å²) in [5.41, 5.74) is 2.71. The number of rotatable bonds is 7. The van der Waals surface area contributed by atoms with Crippen molar-refractivity contribution < 1.29 is 19.4 Å². The smallest absolute Gasteiger partial charge is 0.341 e. The number of aliphatic carboxylic acids is 1. The van der Waals surface area contributed by atoms with Crippen LogP contribution in [0.15, 0.2) is 36.4 Å². The lowest BCUT2D eigenvalue weighted by molar-refractivity contribution is -0.139. The van der Waals surface area contributed by atoms with Gasteiger partial charge in [-0.1, -0.05) is 12.1 Å². The molecule has 3 rings (SSSR count). The standard InChI is InChI=1S/C20H16IN3O4/c1-2-27-17-9-12(8-14(21)19(17)28-11-18(25)26)7-13(10-22)20-23-15-5-3-4-6-16(15)24-20/h3-9H,2,11H2,1H3,(H,23,24)(H,25,26)/b13-7+. The normalized spacial score (nSPS) is 11.2. The van der Waals surface area contributed by atoms with Gasteiger partial charge < -0.3 is 19.6 Å². The number of hydrogen-bond donors (Lipinski definition) is 2. The number of fused-ring (bicyclic) bond motifs is 1. The molecular formula is C20H16IN3O4. The Bertz CT molecular complexity index is 1070. The highest BCUT2D eigenvalue weighted by molar-refractivity contribution is 14.1. The van der Waals surface area contributed by atoms with Crippen molar-refractivity contribution in [3.63, 3.8) is 0 Å². The zero-order valence-corrected chi connectivity index (χ0v) is 17.1. The molecule has 0 unspecified atom stereocenters. The first-order chi connectivity index (χ1) is 13.5. The summed E-state index contributed by atoms with van der Waals surface area (Å²) in [6.45, 7) is 1.75. The first-order valence-electron chi connectivity index (χ1n) is 8.39. The second kappa shape index (κ2) is 8.75. The number of carboxylic acid groups (broad SMARTS) is 1. The largest absolute Gasteiger partial charge is 0.490 e. The van der Waals surface area contributed by atoms with Gasteiger partial charge in [0, 0.05) is 0 Å². The number of para-hydroxylation sites is 2. The molecule has 0 aliphatic heterocycles. The van der Waals surface area contributed by atoms with Gasteiger partial charge in [0.15, 0.2) is 18.1 Å². The fourth-order valence-corrected chi connectivity index (χ4v) is 3.39. The molecule has 0 fully saturated rings. The molecule has 0 saturated heterocycles. The maximum absolute atomic E-state index is 10.8. The summed E-state index contributed by atoms with van der Waals surface area (Å²) >= 11 is 2.05. The van der Waals surface area contributed by atoms with Gasteiger partial charge in [0.25, 0.3) is 0 Å². The van der Waals surface area contributed by atoms with E-state index in [0.29, 0.717) is 38.6 Å². The molecule has 1 aromatic heterocycles. The van der Waals surface area contributed by atoms with Crippen molar-refractivity contribution in [1.82, 2.24) is 9.97 Å². The van der Waals surface area contributed by atoms with E-state index in [4.69, 9.17) is 14.6 Å². The van der Waals surface area contributed by atoms with Crippen molar-refractivity contribution in [3.05, 3.63) is 51.4 Å². The van der Waals surface area contributed by atoms with Crippen LogP contribution >= 0.6 is 22.6 Å². The van der Waals surface area contributed by atoms with E-state index in [1.54, 1.807) is 18.2 Å². The predicted molar refractivity (Wildman–Crippen MR) is 113 cm³/mol. The van der Waals surface area contributed by atoms with E-state index >= 15 is 0 Å². The van der Waals surface area contributed by atoms with Gasteiger partial charge in [-0.2, -0.15) is 5.26 Å². The highest BCUT2D eigenvalue weighted by Gasteiger charge is 2.14. The zero-order chi connectivity index (χ0) is 20.1. The highest BCUT2D eigenvalue weighted by atomic mass is 127. The van der Waals surface area contributed by atoms with Crippen molar-refractivity contribution in [3.8, 4) is 17.6 Å². The minimum Gasteiger partial charge on any atom is -0.490 e. The summed E-state index contributed by atoms with van der Waals surface area (Å²) < 4.78 is 11.6. The van der Waals surface area contributed by atoms with E-state index in [0.717, 1.165) is 11.0 Å². The minimum atomic E-state index is -1.07. The number of halogens is 1. The topological polar surface area (TPSA) is 108 Å². The Morgan fingerprint density at radius 3 is 2.82 bits per heavy atom. The molecule has 3 aromatic rings. The second-order valence-electron chi connectivity index (χ2n) is 5.72. The first kappa shape index (κ1) is 19.7. The summed E-state index contributed by atoms with van der Waals surface area (Å²) in [5.74, 6) is 0.190. The van der Waals surface area contributed by atoms with E-state index < -0.39 is 12.6 Å². The maximum Gasteiger partial charge on any atom is 0.341 e. The number of nitrogens with one attached hydrogen (secondary N) is 1. The van der Waals surface area contributed by atoms with Crippen LogP contribution in [0.2, 0.25) is 0 Å². The van der Waals surface area contributed by atoms with Gasteiger partial charge in [-0.25, -0.2) is 9.78 Å². The summed E-state index contributed by atoms with van der Waals surface area (Å²) in [6.07, 6.45) is 1.70. The van der Waals surface area contributed by atoms with Crippen molar-refractivity contribution >= 4 is 51.2 Å². The molecule has 28 heavy (non-hydrogen) atoms. The van der Waals surface area contributed by atoms with Crippen LogP contribution in [0.1, 0.15) is 18.3 Å². The van der Waals surface area contributed by atoms with Crippen LogP contribution in [0.25, 0.3) is 22.7 Å². The van der Waals surface area contributed by atoms with Crippen LogP contribution in [0.4, 0.5) is 0 Å². The first-order valence-corrected chi connectivity index (χ1v) is 9.47. The lowest BCUT2D eigenvalue weighted by atomic mass is 10.1. The van der Waals surface area contributed by atoms with Gasteiger partial charge in [0.05, 0.1) is 26.8 Å². The fraction of sp³-hybridized carbons (Fsp3) is 0.150. The lowest BCUT2D eigenvalue weighted by Crippen LogP contribution is -2.11. The Hall–Kier alpha value is -3.06. The number of ether oxygens (including phenoxy) is 2. The van der Waals surface area contributed by atoms with Crippen molar-refractivity contribution in [2.45, 2.75) is 6.92 Å². The van der Waals surface area contributed by atoms with Crippen LogP contribution in [0.5, 0.6) is 11.5 Å². The Kier molecular flexibility index (Phi) is 6.16. The minimum absolute atomic E-state index is 0.365. The number of allylic oxidation sites excluding steroid dienone is 1. The van der Waals surface area contributed by atoms with Crippen molar-refractivity contribution in [2.75, 3.05) is 13.2 Å². The third kappa shape index (κ3) is 4.43. The molecule has 0 aliphatic rings. The molecule has 8 heteroatoms. The van der Waals surface area contributed by atoms with Gasteiger partial charge in [-0.3, -0.25) is 0 Å². The Balaban J connectivity index is 2.01. The molecular weight excluding hydrogens is 473 g/mol. The number of H-pyrrole nitrogens is 1. The Labute approximate surface area is 174 Å². The maximum atomic E-state index is 10.8. The van der Waals surface area contributed by atoms with Crippen LogP contribution < -0.4 is 9.47 Å². The average Bonchev–Trinajstić information content (AvgIpc) is 3.09. The summed E-state index contributed by atoms with van der Waals surface area (Å²) in [7, 11) is 0. The van der Waals surface area contributed by atoms with E-state index in [-0.39, 0.29) is 0 Å². The van der Waals surface area contributed by atoms with Crippen LogP contribution in [-0.2, 0) is 4.79 Å². The van der Waals surface area contributed by atoms with Gasteiger partial charge in [-0.05, 0) is 65.4 Å². The van der Waals surface area contributed by atoms with Crippen LogP contribution in [-0.4, -0.2) is 34.3 Å². The molecule has 1 heterocycles. The monoisotopic (exact) mass is 489 g/mol. The number of carbonyl (C=O) groups is 1. The highest BCUT2D eigenvalue weighted by Crippen LogP contribution is 2.35. The molecule has 0 bridgehead atoms. The quantitative estimate of drug-likeness (QED) is 0.383. The average molecular weight is 489 g/mol. The van der Waals surface area contributed by atoms with Gasteiger partial charge >= 0.3 is 5.97 Å². The van der Waals surface area contributed by atoms with Crippen LogP contribution in [0.3, 0.4) is 0 Å². The third-order valence-electron chi connectivity index (χ3n) is 3.75. The molecule has 0 spiro atoms. The number of benzene rings is 2. The number of aromatic amines is 1. The molecule has 7 nitrogen and oxygen atoms in total. The summed E-state index contributed by atoms with van der Waals surface area (Å²) in [5, 5.41) is 18.5. The SMILES string of the molecule is CCOc1cc(/C=C(\C#N)c2nc3ccccc3[nH]2)cc(I)c1OCC(=O)O. The fourth-order valence-electron chi connectivity index (χ4n) is 2.61. The van der Waals surface area contributed by atoms with Crippen molar-refractivity contribution in [2.24, 2.45) is 0 Å².